The SMILES string of the molecule is [2H]c1ccc(Cl)nc1-c1nc(N[C@H](C)C(F)(F)F)nc(N[C@@]([2H])(C)C([2H])([2H])[2H])n1. The third-order valence-corrected chi connectivity index (χ3v) is 2.85. The maximum Gasteiger partial charge on any atom is 0.408 e. The second kappa shape index (κ2) is 7.16. The highest BCUT2D eigenvalue weighted by Gasteiger charge is 2.36. The number of nitrogens with zero attached hydrogens (tertiary/aromatic N) is 4. The lowest BCUT2D eigenvalue weighted by atomic mass is 10.3. The van der Waals surface area contributed by atoms with Gasteiger partial charge in [-0.25, -0.2) is 4.98 Å². The predicted octanol–water partition coefficient (Wildman–Crippen LogP) is 3.77. The second-order valence-electron chi connectivity index (χ2n) is 4.72. The van der Waals surface area contributed by atoms with Crippen LogP contribution in [0.25, 0.3) is 11.5 Å². The normalized spacial score (nSPS) is 19.0. The summed E-state index contributed by atoms with van der Waals surface area (Å²) in [6, 6.07) is -1.87. The molecule has 2 N–H and O–H groups in total. The molecular weight excluding hydrogens is 345 g/mol. The van der Waals surface area contributed by atoms with Gasteiger partial charge in [-0.3, -0.25) is 0 Å². The highest BCUT2D eigenvalue weighted by Crippen LogP contribution is 2.24. The van der Waals surface area contributed by atoms with Crippen LogP contribution in [0.5, 0.6) is 0 Å². The van der Waals surface area contributed by atoms with Gasteiger partial charge < -0.3 is 10.6 Å². The number of nitrogens with one attached hydrogen (secondary N) is 2. The standard InChI is InChI=1S/C14H16ClF3N6/c1-7(2)19-12-22-11(9-5-4-6-10(15)21-9)23-13(24-12)20-8(3)14(16,17)18/h4-8H,1-3H3,(H2,19,20,22,23,24)/t8-/m1/s1/i1D3,5D,7D/t7-,8-. The molecule has 0 aliphatic rings. The number of rotatable bonds is 5. The van der Waals surface area contributed by atoms with Crippen LogP contribution in [0.1, 0.15) is 27.6 Å². The van der Waals surface area contributed by atoms with Gasteiger partial charge >= 0.3 is 6.18 Å². The number of alkyl halides is 3. The van der Waals surface area contributed by atoms with Crippen molar-refractivity contribution in [3.05, 3.63) is 23.3 Å². The maximum atomic E-state index is 12.9. The van der Waals surface area contributed by atoms with Crippen LogP contribution in [0.15, 0.2) is 18.2 Å². The van der Waals surface area contributed by atoms with E-state index in [1.54, 1.807) is 0 Å². The van der Waals surface area contributed by atoms with Gasteiger partial charge in [0.2, 0.25) is 11.9 Å². The van der Waals surface area contributed by atoms with E-state index in [-0.39, 0.29) is 22.7 Å². The molecule has 2 atom stereocenters. The van der Waals surface area contributed by atoms with E-state index < -0.39 is 37.0 Å². The first-order valence-corrected chi connectivity index (χ1v) is 6.99. The zero-order chi connectivity index (χ0) is 22.2. The van der Waals surface area contributed by atoms with Crippen molar-refractivity contribution < 1.29 is 20.0 Å². The second-order valence-corrected chi connectivity index (χ2v) is 5.11. The summed E-state index contributed by atoms with van der Waals surface area (Å²) in [5.74, 6) is -1.36. The number of hydrogen-bond donors (Lipinski definition) is 2. The Morgan fingerprint density at radius 1 is 1.21 bits per heavy atom. The van der Waals surface area contributed by atoms with Crippen LogP contribution < -0.4 is 10.6 Å². The third kappa shape index (κ3) is 4.92. The number of halogens is 4. The largest absolute Gasteiger partial charge is 0.408 e. The van der Waals surface area contributed by atoms with Crippen molar-refractivity contribution in [3.63, 3.8) is 0 Å². The molecule has 0 unspecified atom stereocenters. The van der Waals surface area contributed by atoms with Crippen molar-refractivity contribution in [1.82, 2.24) is 19.9 Å². The van der Waals surface area contributed by atoms with Crippen molar-refractivity contribution in [2.45, 2.75) is 38.9 Å². The molecule has 0 bridgehead atoms. The minimum Gasteiger partial charge on any atom is -0.352 e. The molecule has 0 radical (unpaired) electrons. The fourth-order valence-corrected chi connectivity index (χ4v) is 1.67. The molecule has 2 heterocycles. The Morgan fingerprint density at radius 3 is 2.50 bits per heavy atom. The number of pyridine rings is 1. The van der Waals surface area contributed by atoms with E-state index in [1.807, 2.05) is 5.32 Å². The van der Waals surface area contributed by atoms with Crippen LogP contribution in [0, 0.1) is 0 Å². The zero-order valence-corrected chi connectivity index (χ0v) is 13.3. The average molecular weight is 366 g/mol. The predicted molar refractivity (Wildman–Crippen MR) is 86.0 cm³/mol. The lowest BCUT2D eigenvalue weighted by molar-refractivity contribution is -0.138. The molecule has 6 nitrogen and oxygen atoms in total. The van der Waals surface area contributed by atoms with Crippen molar-refractivity contribution in [3.8, 4) is 11.5 Å². The summed E-state index contributed by atoms with van der Waals surface area (Å²) < 4.78 is 76.7. The Labute approximate surface area is 148 Å². The van der Waals surface area contributed by atoms with E-state index in [1.165, 1.54) is 12.1 Å². The molecule has 0 aliphatic heterocycles. The van der Waals surface area contributed by atoms with Gasteiger partial charge in [-0.1, -0.05) is 17.7 Å². The summed E-state index contributed by atoms with van der Waals surface area (Å²) in [6.07, 6.45) is -4.61. The fraction of sp³-hybridized carbons (Fsp3) is 0.429. The Kier molecular flexibility index (Phi) is 3.65. The summed E-state index contributed by atoms with van der Waals surface area (Å²) in [7, 11) is 0. The first-order valence-electron chi connectivity index (χ1n) is 9.11. The molecule has 24 heavy (non-hydrogen) atoms. The van der Waals surface area contributed by atoms with E-state index in [4.69, 9.17) is 18.5 Å². The number of anilines is 2. The fourth-order valence-electron chi connectivity index (χ4n) is 1.53. The Balaban J connectivity index is 2.56. The van der Waals surface area contributed by atoms with E-state index in [0.29, 0.717) is 0 Å². The van der Waals surface area contributed by atoms with Crippen LogP contribution in [-0.4, -0.2) is 38.2 Å². The summed E-state index contributed by atoms with van der Waals surface area (Å²) in [5.41, 5.74) is -0.161. The van der Waals surface area contributed by atoms with Crippen molar-refractivity contribution in [2.24, 2.45) is 0 Å². The van der Waals surface area contributed by atoms with Crippen molar-refractivity contribution >= 4 is 23.5 Å². The molecule has 0 aromatic carbocycles. The molecule has 2 rings (SSSR count). The molecule has 0 aliphatic carbocycles. The van der Waals surface area contributed by atoms with Gasteiger partial charge in [-0.05, 0) is 32.8 Å². The van der Waals surface area contributed by atoms with Gasteiger partial charge in [0.15, 0.2) is 5.82 Å². The molecule has 0 fully saturated rings. The van der Waals surface area contributed by atoms with E-state index >= 15 is 0 Å². The van der Waals surface area contributed by atoms with Gasteiger partial charge in [0.25, 0.3) is 0 Å². The number of hydrogen-bond acceptors (Lipinski definition) is 6. The molecular formula is C14H16ClF3N6. The minimum atomic E-state index is -4.61. The van der Waals surface area contributed by atoms with Crippen LogP contribution in [0.3, 0.4) is 0 Å². The Bertz CT molecular complexity index is 893. The molecule has 130 valence electrons. The average Bonchev–Trinajstić information content (AvgIpc) is 2.54. The van der Waals surface area contributed by atoms with E-state index in [9.17, 15) is 13.2 Å². The summed E-state index contributed by atoms with van der Waals surface area (Å²) in [6.45, 7) is -0.939. The van der Waals surface area contributed by atoms with Gasteiger partial charge in [0, 0.05) is 10.1 Å². The Morgan fingerprint density at radius 2 is 1.88 bits per heavy atom. The Hall–Kier alpha value is -2.16. The highest BCUT2D eigenvalue weighted by molar-refractivity contribution is 6.29. The number of aromatic nitrogens is 4. The van der Waals surface area contributed by atoms with Crippen molar-refractivity contribution in [1.29, 1.82) is 0 Å². The molecule has 2 aromatic rings. The van der Waals surface area contributed by atoms with E-state index in [2.05, 4.69) is 25.3 Å². The van der Waals surface area contributed by atoms with Crippen molar-refractivity contribution in [2.75, 3.05) is 10.6 Å². The first-order chi connectivity index (χ1) is 13.1. The van der Waals surface area contributed by atoms with Gasteiger partial charge in [-0.2, -0.15) is 28.1 Å². The minimum absolute atomic E-state index is 0.0167. The van der Waals surface area contributed by atoms with Gasteiger partial charge in [0.1, 0.15) is 16.9 Å². The van der Waals surface area contributed by atoms with Gasteiger partial charge in [-0.15, -0.1) is 0 Å². The molecule has 2 aromatic heterocycles. The van der Waals surface area contributed by atoms with Gasteiger partial charge in [0.05, 0.1) is 2.74 Å². The molecule has 0 amide bonds. The molecule has 0 saturated carbocycles. The summed E-state index contributed by atoms with van der Waals surface area (Å²) in [5, 5.41) is 4.28. The maximum absolute atomic E-state index is 12.9. The van der Waals surface area contributed by atoms with Crippen LogP contribution in [0.2, 0.25) is 5.15 Å². The lowest BCUT2D eigenvalue weighted by Crippen LogP contribution is -2.34. The third-order valence-electron chi connectivity index (χ3n) is 2.64. The van der Waals surface area contributed by atoms with Crippen LogP contribution in [-0.2, 0) is 0 Å². The smallest absolute Gasteiger partial charge is 0.352 e. The first kappa shape index (κ1) is 12.2. The topological polar surface area (TPSA) is 75.6 Å². The van der Waals surface area contributed by atoms with Crippen LogP contribution >= 0.6 is 11.6 Å². The quantitative estimate of drug-likeness (QED) is 0.785. The summed E-state index contributed by atoms with van der Waals surface area (Å²) >= 11 is 5.81. The summed E-state index contributed by atoms with van der Waals surface area (Å²) in [4.78, 5) is 15.4. The molecule has 10 heteroatoms. The highest BCUT2D eigenvalue weighted by atomic mass is 35.5. The lowest BCUT2D eigenvalue weighted by Gasteiger charge is -2.18. The van der Waals surface area contributed by atoms with Crippen LogP contribution in [0.4, 0.5) is 25.1 Å². The zero-order valence-electron chi connectivity index (χ0n) is 17.5. The monoisotopic (exact) mass is 365 g/mol. The molecule has 0 spiro atoms. The van der Waals surface area contributed by atoms with E-state index in [0.717, 1.165) is 13.8 Å². The molecule has 0 saturated heterocycles.